The quantitative estimate of drug-likeness (QED) is 0.737. The van der Waals surface area contributed by atoms with E-state index in [-0.39, 0.29) is 5.91 Å². The van der Waals surface area contributed by atoms with Gasteiger partial charge in [0, 0.05) is 28.8 Å². The number of aliphatic carboxylic acids is 1. The molecule has 2 aromatic rings. The second kappa shape index (κ2) is 6.36. The highest BCUT2D eigenvalue weighted by atomic mass is 32.1. The summed E-state index contributed by atoms with van der Waals surface area (Å²) in [5, 5.41) is 18.1. The van der Waals surface area contributed by atoms with Gasteiger partial charge in [0.1, 0.15) is 0 Å². The summed E-state index contributed by atoms with van der Waals surface area (Å²) in [7, 11) is 0. The number of hydrogen-bond donors (Lipinski definition) is 3. The molecule has 0 saturated carbocycles. The molecule has 0 fully saturated rings. The fourth-order valence-electron chi connectivity index (χ4n) is 1.74. The molecule has 0 radical (unpaired) electrons. The number of nitrogens with zero attached hydrogens (tertiary/aromatic N) is 1. The van der Waals surface area contributed by atoms with Crippen LogP contribution in [0.25, 0.3) is 6.08 Å². The predicted molar refractivity (Wildman–Crippen MR) is 80.2 cm³/mol. The molecule has 0 aliphatic heterocycles. The predicted octanol–water partition coefficient (Wildman–Crippen LogP) is 2.12. The molecule has 0 aliphatic carbocycles. The van der Waals surface area contributed by atoms with Gasteiger partial charge in [0.05, 0.1) is 11.1 Å². The lowest BCUT2D eigenvalue weighted by Gasteiger charge is -2.02. The van der Waals surface area contributed by atoms with Crippen molar-refractivity contribution in [2.24, 2.45) is 0 Å². The second-order valence-electron chi connectivity index (χ2n) is 4.53. The van der Waals surface area contributed by atoms with Gasteiger partial charge in [0.25, 0.3) is 5.91 Å². The van der Waals surface area contributed by atoms with Crippen LogP contribution in [-0.4, -0.2) is 27.2 Å². The number of rotatable bonds is 5. The Morgan fingerprint density at radius 1 is 1.48 bits per heavy atom. The third-order valence-electron chi connectivity index (χ3n) is 2.93. The van der Waals surface area contributed by atoms with E-state index in [0.717, 1.165) is 27.8 Å². The number of hydrogen-bond acceptors (Lipinski definition) is 4. The van der Waals surface area contributed by atoms with Crippen molar-refractivity contribution in [3.63, 3.8) is 0 Å². The standard InChI is InChI=1S/C14H15N3O3S/c1-8-5-12(21-11(8)3-4-13(18)19)14(20)15-6-10-7-16-17-9(10)2/h3-5,7H,6H2,1-2H3,(H,15,20)(H,16,17)(H,18,19)/b4-3+. The number of carbonyl (C=O) groups is 2. The van der Waals surface area contributed by atoms with Crippen LogP contribution in [0.4, 0.5) is 0 Å². The maximum Gasteiger partial charge on any atom is 0.328 e. The lowest BCUT2D eigenvalue weighted by molar-refractivity contribution is -0.131. The first kappa shape index (κ1) is 15.0. The molecular weight excluding hydrogens is 290 g/mol. The largest absolute Gasteiger partial charge is 0.478 e. The number of carboxylic acid groups (broad SMARTS) is 1. The number of amides is 1. The molecule has 0 unspecified atom stereocenters. The Kier molecular flexibility index (Phi) is 4.54. The van der Waals surface area contributed by atoms with Crippen LogP contribution < -0.4 is 5.32 Å². The van der Waals surface area contributed by atoms with Crippen molar-refractivity contribution in [3.8, 4) is 0 Å². The molecule has 0 spiro atoms. The smallest absolute Gasteiger partial charge is 0.328 e. The number of aryl methyl sites for hydroxylation is 2. The van der Waals surface area contributed by atoms with E-state index in [0.29, 0.717) is 11.4 Å². The molecule has 21 heavy (non-hydrogen) atoms. The van der Waals surface area contributed by atoms with Gasteiger partial charge in [0.2, 0.25) is 0 Å². The Labute approximate surface area is 125 Å². The minimum Gasteiger partial charge on any atom is -0.478 e. The van der Waals surface area contributed by atoms with Crippen LogP contribution in [0.3, 0.4) is 0 Å². The third kappa shape index (κ3) is 3.79. The highest BCUT2D eigenvalue weighted by Crippen LogP contribution is 2.23. The fourth-order valence-corrected chi connectivity index (χ4v) is 2.73. The Balaban J connectivity index is 2.04. The van der Waals surface area contributed by atoms with Gasteiger partial charge in [-0.05, 0) is 31.6 Å². The first-order valence-corrected chi connectivity index (χ1v) is 7.07. The van der Waals surface area contributed by atoms with Crippen LogP contribution in [0.5, 0.6) is 0 Å². The molecule has 3 N–H and O–H groups in total. The van der Waals surface area contributed by atoms with Gasteiger partial charge in [0.15, 0.2) is 0 Å². The third-order valence-corrected chi connectivity index (χ3v) is 4.13. The molecule has 0 atom stereocenters. The summed E-state index contributed by atoms with van der Waals surface area (Å²) in [6.07, 6.45) is 4.24. The van der Waals surface area contributed by atoms with E-state index in [1.54, 1.807) is 12.3 Å². The fraction of sp³-hybridized carbons (Fsp3) is 0.214. The summed E-state index contributed by atoms with van der Waals surface area (Å²) in [4.78, 5) is 23.9. The zero-order valence-corrected chi connectivity index (χ0v) is 12.5. The Morgan fingerprint density at radius 3 is 2.86 bits per heavy atom. The summed E-state index contributed by atoms with van der Waals surface area (Å²) in [5.41, 5.74) is 2.73. The molecule has 2 rings (SSSR count). The second-order valence-corrected chi connectivity index (χ2v) is 5.62. The molecule has 0 bridgehead atoms. The lowest BCUT2D eigenvalue weighted by Crippen LogP contribution is -2.21. The van der Waals surface area contributed by atoms with Crippen LogP contribution in [0.2, 0.25) is 0 Å². The van der Waals surface area contributed by atoms with Gasteiger partial charge >= 0.3 is 5.97 Å². The van der Waals surface area contributed by atoms with Gasteiger partial charge in [-0.25, -0.2) is 4.79 Å². The van der Waals surface area contributed by atoms with E-state index < -0.39 is 5.97 Å². The van der Waals surface area contributed by atoms with Crippen LogP contribution in [0, 0.1) is 13.8 Å². The Morgan fingerprint density at radius 2 is 2.24 bits per heavy atom. The van der Waals surface area contributed by atoms with Gasteiger partial charge in [-0.2, -0.15) is 5.10 Å². The van der Waals surface area contributed by atoms with Crippen molar-refractivity contribution in [3.05, 3.63) is 44.9 Å². The molecule has 0 aromatic carbocycles. The Hall–Kier alpha value is -2.41. The molecular formula is C14H15N3O3S. The Bertz CT molecular complexity index is 700. The SMILES string of the molecule is Cc1cc(C(=O)NCc2cn[nH]c2C)sc1/C=C/C(=O)O. The van der Waals surface area contributed by atoms with E-state index in [4.69, 9.17) is 5.11 Å². The summed E-state index contributed by atoms with van der Waals surface area (Å²) in [5.74, 6) is -1.19. The summed E-state index contributed by atoms with van der Waals surface area (Å²) < 4.78 is 0. The van der Waals surface area contributed by atoms with Crippen molar-refractivity contribution in [1.82, 2.24) is 15.5 Å². The topological polar surface area (TPSA) is 95.1 Å². The van der Waals surface area contributed by atoms with Gasteiger partial charge in [-0.15, -0.1) is 11.3 Å². The van der Waals surface area contributed by atoms with Crippen LogP contribution in [0.15, 0.2) is 18.3 Å². The number of aromatic amines is 1. The van der Waals surface area contributed by atoms with E-state index >= 15 is 0 Å². The first-order valence-electron chi connectivity index (χ1n) is 6.26. The minimum atomic E-state index is -1.01. The number of H-pyrrole nitrogens is 1. The number of carboxylic acids is 1. The first-order chi connectivity index (χ1) is 9.97. The molecule has 0 aliphatic rings. The zero-order chi connectivity index (χ0) is 15.4. The van der Waals surface area contributed by atoms with Crippen molar-refractivity contribution < 1.29 is 14.7 Å². The molecule has 2 aromatic heterocycles. The van der Waals surface area contributed by atoms with Gasteiger partial charge < -0.3 is 10.4 Å². The van der Waals surface area contributed by atoms with Crippen molar-refractivity contribution >= 4 is 29.3 Å². The normalized spacial score (nSPS) is 11.0. The van der Waals surface area contributed by atoms with Crippen LogP contribution in [0.1, 0.15) is 31.4 Å². The molecule has 1 amide bonds. The van der Waals surface area contributed by atoms with Gasteiger partial charge in [-0.1, -0.05) is 0 Å². The number of thiophene rings is 1. The van der Waals surface area contributed by atoms with Gasteiger partial charge in [-0.3, -0.25) is 9.89 Å². The highest BCUT2D eigenvalue weighted by molar-refractivity contribution is 7.15. The summed E-state index contributed by atoms with van der Waals surface area (Å²) in [6, 6.07) is 1.75. The molecule has 2 heterocycles. The zero-order valence-electron chi connectivity index (χ0n) is 11.6. The number of aromatic nitrogens is 2. The van der Waals surface area contributed by atoms with E-state index in [1.807, 2.05) is 13.8 Å². The number of carbonyl (C=O) groups excluding carboxylic acids is 1. The average Bonchev–Trinajstić information content (AvgIpc) is 3.00. The van der Waals surface area contributed by atoms with Crippen molar-refractivity contribution in [1.29, 1.82) is 0 Å². The van der Waals surface area contributed by atoms with Crippen molar-refractivity contribution in [2.75, 3.05) is 0 Å². The molecule has 0 saturated heterocycles. The summed E-state index contributed by atoms with van der Waals surface area (Å²) in [6.45, 7) is 4.13. The monoisotopic (exact) mass is 305 g/mol. The van der Waals surface area contributed by atoms with E-state index in [2.05, 4.69) is 15.5 Å². The van der Waals surface area contributed by atoms with Crippen LogP contribution in [-0.2, 0) is 11.3 Å². The van der Waals surface area contributed by atoms with Crippen molar-refractivity contribution in [2.45, 2.75) is 20.4 Å². The minimum absolute atomic E-state index is 0.182. The maximum absolute atomic E-state index is 12.1. The summed E-state index contributed by atoms with van der Waals surface area (Å²) >= 11 is 1.27. The van der Waals surface area contributed by atoms with Crippen LogP contribution >= 0.6 is 11.3 Å². The molecule has 110 valence electrons. The lowest BCUT2D eigenvalue weighted by atomic mass is 10.2. The van der Waals surface area contributed by atoms with E-state index in [1.165, 1.54) is 17.4 Å². The highest BCUT2D eigenvalue weighted by Gasteiger charge is 2.12. The average molecular weight is 305 g/mol. The number of nitrogens with one attached hydrogen (secondary N) is 2. The molecule has 6 nitrogen and oxygen atoms in total. The molecule has 7 heteroatoms. The van der Waals surface area contributed by atoms with E-state index in [9.17, 15) is 9.59 Å². The maximum atomic E-state index is 12.1.